The maximum absolute atomic E-state index is 11.6. The van der Waals surface area contributed by atoms with Gasteiger partial charge < -0.3 is 15.4 Å². The second-order valence-electron chi connectivity index (χ2n) is 5.39. The van der Waals surface area contributed by atoms with Crippen LogP contribution in [-0.4, -0.2) is 21.5 Å². The molecule has 0 aliphatic heterocycles. The fourth-order valence-corrected chi connectivity index (χ4v) is 2.77. The molecule has 0 amide bonds. The quantitative estimate of drug-likeness (QED) is 0.400. The van der Waals surface area contributed by atoms with Gasteiger partial charge in [0.1, 0.15) is 12.1 Å². The van der Waals surface area contributed by atoms with Crippen LogP contribution in [-0.2, 0) is 0 Å². The highest BCUT2D eigenvalue weighted by atomic mass is 79.9. The van der Waals surface area contributed by atoms with Gasteiger partial charge in [-0.05, 0) is 49.4 Å². The van der Waals surface area contributed by atoms with Crippen molar-refractivity contribution in [2.45, 2.75) is 6.92 Å². The molecule has 0 aliphatic rings. The molecule has 3 rings (SSSR count). The first-order chi connectivity index (χ1) is 13.1. The molecule has 0 unspecified atom stereocenters. The summed E-state index contributed by atoms with van der Waals surface area (Å²) in [7, 11) is 0. The molecule has 0 bridgehead atoms. The molecule has 0 atom stereocenters. The van der Waals surface area contributed by atoms with E-state index in [1.807, 2.05) is 19.1 Å². The van der Waals surface area contributed by atoms with Gasteiger partial charge in [0, 0.05) is 15.8 Å². The SMILES string of the molecule is CCOc1ccc(Nc2ncnc(Nc3cccc(Br)c3)c2[N+](=O)[O-])cc1. The third-order valence-electron chi connectivity index (χ3n) is 3.52. The zero-order valence-corrected chi connectivity index (χ0v) is 15.9. The van der Waals surface area contributed by atoms with Crippen molar-refractivity contribution in [2.75, 3.05) is 17.2 Å². The normalized spacial score (nSPS) is 10.3. The average Bonchev–Trinajstić information content (AvgIpc) is 2.63. The van der Waals surface area contributed by atoms with Gasteiger partial charge >= 0.3 is 5.69 Å². The van der Waals surface area contributed by atoms with Crippen LogP contribution in [0.5, 0.6) is 5.75 Å². The van der Waals surface area contributed by atoms with Crippen molar-refractivity contribution >= 4 is 44.6 Å². The van der Waals surface area contributed by atoms with Crippen molar-refractivity contribution < 1.29 is 9.66 Å². The molecule has 0 radical (unpaired) electrons. The summed E-state index contributed by atoms with van der Waals surface area (Å²) in [6, 6.07) is 14.3. The van der Waals surface area contributed by atoms with E-state index in [2.05, 4.69) is 36.5 Å². The van der Waals surface area contributed by atoms with Gasteiger partial charge in [-0.15, -0.1) is 0 Å². The number of hydrogen-bond donors (Lipinski definition) is 2. The third kappa shape index (κ3) is 4.70. The zero-order chi connectivity index (χ0) is 19.2. The summed E-state index contributed by atoms with van der Waals surface area (Å²) in [5.74, 6) is 0.912. The number of ether oxygens (including phenoxy) is 1. The molecule has 27 heavy (non-hydrogen) atoms. The van der Waals surface area contributed by atoms with Crippen LogP contribution in [0, 0.1) is 10.1 Å². The number of hydrogen-bond acceptors (Lipinski definition) is 7. The van der Waals surface area contributed by atoms with Crippen molar-refractivity contribution in [3.05, 3.63) is 69.4 Å². The van der Waals surface area contributed by atoms with Gasteiger partial charge in [0.05, 0.1) is 11.5 Å². The van der Waals surface area contributed by atoms with Crippen LogP contribution in [0.1, 0.15) is 6.92 Å². The van der Waals surface area contributed by atoms with Crippen molar-refractivity contribution in [2.24, 2.45) is 0 Å². The molecule has 1 aromatic heterocycles. The monoisotopic (exact) mass is 429 g/mol. The Kier molecular flexibility index (Phi) is 5.82. The second kappa shape index (κ2) is 8.45. The molecule has 3 aromatic rings. The Bertz CT molecular complexity index is 950. The average molecular weight is 430 g/mol. The largest absolute Gasteiger partial charge is 0.494 e. The minimum atomic E-state index is -0.517. The minimum Gasteiger partial charge on any atom is -0.494 e. The maximum atomic E-state index is 11.6. The zero-order valence-electron chi connectivity index (χ0n) is 14.3. The predicted octanol–water partition coefficient (Wildman–Crippen LogP) is 5.03. The Hall–Kier alpha value is -3.20. The van der Waals surface area contributed by atoms with Crippen LogP contribution in [0.4, 0.5) is 28.7 Å². The molecule has 0 spiro atoms. The standard InChI is InChI=1S/C18H16BrN5O3/c1-2-27-15-8-6-13(7-9-15)22-17-16(24(25)26)18(21-11-20-17)23-14-5-3-4-12(19)10-14/h3-11H,2H2,1H3,(H2,20,21,22,23). The van der Waals surface area contributed by atoms with Crippen LogP contribution in [0.3, 0.4) is 0 Å². The summed E-state index contributed by atoms with van der Waals surface area (Å²) in [4.78, 5) is 19.2. The van der Waals surface area contributed by atoms with Crippen LogP contribution >= 0.6 is 15.9 Å². The molecule has 8 nitrogen and oxygen atoms in total. The summed E-state index contributed by atoms with van der Waals surface area (Å²) >= 11 is 3.37. The first kappa shape index (κ1) is 18.6. The van der Waals surface area contributed by atoms with Crippen LogP contribution in [0.15, 0.2) is 59.3 Å². The molecule has 0 fully saturated rings. The Labute approximate surface area is 163 Å². The number of nitrogens with zero attached hydrogens (tertiary/aromatic N) is 3. The number of halogens is 1. The van der Waals surface area contributed by atoms with Crippen LogP contribution in [0.2, 0.25) is 0 Å². The number of benzene rings is 2. The van der Waals surface area contributed by atoms with E-state index in [9.17, 15) is 10.1 Å². The summed E-state index contributed by atoms with van der Waals surface area (Å²) in [6.07, 6.45) is 1.27. The maximum Gasteiger partial charge on any atom is 0.353 e. The fraction of sp³-hybridized carbons (Fsp3) is 0.111. The van der Waals surface area contributed by atoms with E-state index >= 15 is 0 Å². The molecule has 138 valence electrons. The molecule has 0 aliphatic carbocycles. The lowest BCUT2D eigenvalue weighted by Crippen LogP contribution is -2.05. The minimum absolute atomic E-state index is 0.0941. The third-order valence-corrected chi connectivity index (χ3v) is 4.01. The van der Waals surface area contributed by atoms with Crippen LogP contribution in [0.25, 0.3) is 0 Å². The number of nitro groups is 1. The Morgan fingerprint density at radius 2 is 1.74 bits per heavy atom. The lowest BCUT2D eigenvalue weighted by atomic mass is 10.3. The summed E-state index contributed by atoms with van der Waals surface area (Å²) in [6.45, 7) is 2.46. The molecular weight excluding hydrogens is 414 g/mol. The molecular formula is C18H16BrN5O3. The fourth-order valence-electron chi connectivity index (χ4n) is 2.38. The molecule has 2 aromatic carbocycles. The van der Waals surface area contributed by atoms with Crippen molar-refractivity contribution in [3.63, 3.8) is 0 Å². The van der Waals surface area contributed by atoms with Crippen molar-refractivity contribution in [1.82, 2.24) is 9.97 Å². The topological polar surface area (TPSA) is 102 Å². The predicted molar refractivity (Wildman–Crippen MR) is 107 cm³/mol. The van der Waals surface area contributed by atoms with E-state index in [1.54, 1.807) is 36.4 Å². The van der Waals surface area contributed by atoms with Gasteiger partial charge in [0.15, 0.2) is 0 Å². The van der Waals surface area contributed by atoms with Gasteiger partial charge in [0.2, 0.25) is 11.6 Å². The van der Waals surface area contributed by atoms with Crippen molar-refractivity contribution in [3.8, 4) is 5.75 Å². The lowest BCUT2D eigenvalue weighted by molar-refractivity contribution is -0.383. The molecule has 0 saturated carbocycles. The molecule has 1 heterocycles. The summed E-state index contributed by atoms with van der Waals surface area (Å²) in [5, 5.41) is 17.6. The number of rotatable bonds is 7. The van der Waals surface area contributed by atoms with E-state index in [1.165, 1.54) is 6.33 Å². The Balaban J connectivity index is 1.90. The number of anilines is 4. The molecule has 2 N–H and O–H groups in total. The Morgan fingerprint density at radius 1 is 1.07 bits per heavy atom. The van der Waals surface area contributed by atoms with Gasteiger partial charge in [-0.25, -0.2) is 9.97 Å². The smallest absolute Gasteiger partial charge is 0.353 e. The van der Waals surface area contributed by atoms with E-state index in [-0.39, 0.29) is 17.3 Å². The first-order valence-electron chi connectivity index (χ1n) is 8.08. The Morgan fingerprint density at radius 3 is 2.33 bits per heavy atom. The molecule has 0 saturated heterocycles. The molecule has 9 heteroatoms. The summed E-state index contributed by atoms with van der Waals surface area (Å²) in [5.41, 5.74) is 1.07. The van der Waals surface area contributed by atoms with Crippen LogP contribution < -0.4 is 15.4 Å². The highest BCUT2D eigenvalue weighted by Crippen LogP contribution is 2.33. The number of aromatic nitrogens is 2. The first-order valence-corrected chi connectivity index (χ1v) is 8.88. The van der Waals surface area contributed by atoms with Gasteiger partial charge in [-0.3, -0.25) is 10.1 Å². The lowest BCUT2D eigenvalue weighted by Gasteiger charge is -2.11. The van der Waals surface area contributed by atoms with E-state index in [0.717, 1.165) is 10.2 Å². The van der Waals surface area contributed by atoms with E-state index in [0.29, 0.717) is 18.0 Å². The van der Waals surface area contributed by atoms with E-state index < -0.39 is 4.92 Å². The van der Waals surface area contributed by atoms with Crippen molar-refractivity contribution in [1.29, 1.82) is 0 Å². The number of nitrogens with one attached hydrogen (secondary N) is 2. The van der Waals surface area contributed by atoms with E-state index in [4.69, 9.17) is 4.74 Å². The van der Waals surface area contributed by atoms with Gasteiger partial charge in [0.25, 0.3) is 0 Å². The summed E-state index contributed by atoms with van der Waals surface area (Å²) < 4.78 is 6.24. The van der Waals surface area contributed by atoms with Gasteiger partial charge in [-0.1, -0.05) is 22.0 Å². The van der Waals surface area contributed by atoms with Gasteiger partial charge in [-0.2, -0.15) is 0 Å². The second-order valence-corrected chi connectivity index (χ2v) is 6.31. The highest BCUT2D eigenvalue weighted by Gasteiger charge is 2.23. The highest BCUT2D eigenvalue weighted by molar-refractivity contribution is 9.10.